The van der Waals surface area contributed by atoms with E-state index in [1.807, 2.05) is 11.4 Å². The van der Waals surface area contributed by atoms with Crippen molar-refractivity contribution >= 4 is 39.1 Å². The predicted molar refractivity (Wildman–Crippen MR) is 119 cm³/mol. The van der Waals surface area contributed by atoms with E-state index in [1.54, 1.807) is 0 Å². The monoisotopic (exact) mass is 521 g/mol. The van der Waals surface area contributed by atoms with Crippen molar-refractivity contribution in [3.8, 4) is 17.0 Å². The van der Waals surface area contributed by atoms with Crippen LogP contribution >= 0.6 is 22.9 Å². The van der Waals surface area contributed by atoms with Gasteiger partial charge in [0.15, 0.2) is 5.15 Å². The molecule has 1 amide bonds. The molecule has 0 aliphatic heterocycles. The summed E-state index contributed by atoms with van der Waals surface area (Å²) in [4.78, 5) is 11.5. The fraction of sp³-hybridized carbons (Fsp3) is 0.381. The zero-order valence-corrected chi connectivity index (χ0v) is 19.6. The second-order valence-corrected chi connectivity index (χ2v) is 8.70. The first kappa shape index (κ1) is 25.9. The van der Waals surface area contributed by atoms with Crippen LogP contribution in [-0.4, -0.2) is 54.4 Å². The molecule has 2 aromatic heterocycles. The number of carbonyl (C=O) groups excluding carboxylic acids is 1. The van der Waals surface area contributed by atoms with Gasteiger partial charge in [-0.05, 0) is 37.4 Å². The van der Waals surface area contributed by atoms with Crippen molar-refractivity contribution in [2.24, 2.45) is 0 Å². The SMILES string of the molecule is CC(C)(OC(=O)NCCOCCOc1cc(F)ccc1-c1nnc(Cl)c2ccsc12)C(F)(F)F. The van der Waals surface area contributed by atoms with Gasteiger partial charge < -0.3 is 19.5 Å². The molecule has 1 N–H and O–H groups in total. The molecule has 0 atom stereocenters. The maximum Gasteiger partial charge on any atom is 0.427 e. The molecule has 0 spiro atoms. The first-order valence-electron chi connectivity index (χ1n) is 9.93. The molecular formula is C21H20ClF4N3O4S. The van der Waals surface area contributed by atoms with Gasteiger partial charge in [0.2, 0.25) is 5.60 Å². The molecule has 0 saturated heterocycles. The average molecular weight is 522 g/mol. The Hall–Kier alpha value is -2.70. The van der Waals surface area contributed by atoms with E-state index in [0.29, 0.717) is 11.3 Å². The summed E-state index contributed by atoms with van der Waals surface area (Å²) < 4.78 is 68.1. The Morgan fingerprint density at radius 2 is 1.91 bits per heavy atom. The number of aromatic nitrogens is 2. The van der Waals surface area contributed by atoms with Crippen molar-refractivity contribution < 1.29 is 36.6 Å². The number of benzene rings is 1. The molecule has 0 fully saturated rings. The summed E-state index contributed by atoms with van der Waals surface area (Å²) in [6, 6.07) is 5.83. The van der Waals surface area contributed by atoms with E-state index < -0.39 is 23.7 Å². The molecule has 1 aromatic carbocycles. The molecule has 7 nitrogen and oxygen atoms in total. The standard InChI is InChI=1S/C21H20ClF4N3O4S/c1-20(2,21(24,25)26)33-19(30)27-6-7-31-8-9-32-15-11-12(23)3-4-13(15)16-17-14(5-10-34-17)18(22)29-28-16/h3-5,10-11H,6-9H2,1-2H3,(H,27,30). The lowest BCUT2D eigenvalue weighted by Crippen LogP contribution is -2.46. The topological polar surface area (TPSA) is 82.6 Å². The third-order valence-electron chi connectivity index (χ3n) is 4.57. The lowest BCUT2D eigenvalue weighted by Gasteiger charge is -2.27. The van der Waals surface area contributed by atoms with Crippen LogP contribution in [0.1, 0.15) is 13.8 Å². The maximum atomic E-state index is 13.8. The summed E-state index contributed by atoms with van der Waals surface area (Å²) in [5.74, 6) is -0.278. The first-order valence-corrected chi connectivity index (χ1v) is 11.2. The first-order chi connectivity index (χ1) is 16.0. The predicted octanol–water partition coefficient (Wildman–Crippen LogP) is 5.61. The number of halogens is 5. The van der Waals surface area contributed by atoms with Gasteiger partial charge in [-0.25, -0.2) is 9.18 Å². The van der Waals surface area contributed by atoms with Crippen LogP contribution in [0.3, 0.4) is 0 Å². The number of alkyl halides is 3. The zero-order valence-electron chi connectivity index (χ0n) is 18.0. The third kappa shape index (κ3) is 6.24. The Morgan fingerprint density at radius 3 is 2.65 bits per heavy atom. The van der Waals surface area contributed by atoms with Crippen LogP contribution < -0.4 is 10.1 Å². The largest absolute Gasteiger partial charge is 0.490 e. The average Bonchev–Trinajstić information content (AvgIpc) is 3.24. The van der Waals surface area contributed by atoms with Crippen LogP contribution in [-0.2, 0) is 9.47 Å². The van der Waals surface area contributed by atoms with Crippen LogP contribution in [0.25, 0.3) is 21.3 Å². The van der Waals surface area contributed by atoms with Gasteiger partial charge in [0, 0.05) is 23.6 Å². The lowest BCUT2D eigenvalue weighted by atomic mass is 10.1. The van der Waals surface area contributed by atoms with Gasteiger partial charge in [-0.15, -0.1) is 21.5 Å². The maximum absolute atomic E-state index is 13.8. The Kier molecular flexibility index (Phi) is 8.16. The second-order valence-electron chi connectivity index (χ2n) is 7.43. The number of nitrogens with one attached hydrogen (secondary N) is 1. The van der Waals surface area contributed by atoms with Crippen LogP contribution in [0.2, 0.25) is 5.15 Å². The van der Waals surface area contributed by atoms with E-state index in [0.717, 1.165) is 23.9 Å². The van der Waals surface area contributed by atoms with Crippen LogP contribution in [0.15, 0.2) is 29.6 Å². The van der Waals surface area contributed by atoms with Gasteiger partial charge in [0.05, 0.1) is 17.9 Å². The summed E-state index contributed by atoms with van der Waals surface area (Å²) in [5.41, 5.74) is -1.60. The lowest BCUT2D eigenvalue weighted by molar-refractivity contribution is -0.243. The number of hydrogen-bond donors (Lipinski definition) is 1. The van der Waals surface area contributed by atoms with Gasteiger partial charge in [-0.1, -0.05) is 11.6 Å². The molecule has 0 aliphatic rings. The number of thiophene rings is 1. The van der Waals surface area contributed by atoms with E-state index in [2.05, 4.69) is 20.3 Å². The Balaban J connectivity index is 1.50. The van der Waals surface area contributed by atoms with Gasteiger partial charge in [-0.2, -0.15) is 13.2 Å². The minimum atomic E-state index is -4.69. The number of amides is 1. The molecule has 13 heteroatoms. The van der Waals surface area contributed by atoms with Crippen molar-refractivity contribution in [2.75, 3.05) is 26.4 Å². The molecule has 34 heavy (non-hydrogen) atoms. The number of hydrogen-bond acceptors (Lipinski definition) is 7. The molecule has 0 radical (unpaired) electrons. The normalized spacial score (nSPS) is 12.1. The number of nitrogens with zero attached hydrogens (tertiary/aromatic N) is 2. The molecular weight excluding hydrogens is 502 g/mol. The summed E-state index contributed by atoms with van der Waals surface area (Å²) in [6.45, 7) is 1.53. The summed E-state index contributed by atoms with van der Waals surface area (Å²) >= 11 is 7.49. The molecule has 0 saturated carbocycles. The zero-order chi connectivity index (χ0) is 24.9. The molecule has 0 unspecified atom stereocenters. The fourth-order valence-electron chi connectivity index (χ4n) is 2.70. The van der Waals surface area contributed by atoms with E-state index in [9.17, 15) is 22.4 Å². The number of carbonyl (C=O) groups is 1. The Morgan fingerprint density at radius 1 is 1.15 bits per heavy atom. The van der Waals surface area contributed by atoms with Gasteiger partial charge in [0.1, 0.15) is 23.9 Å². The van der Waals surface area contributed by atoms with Crippen molar-refractivity contribution in [2.45, 2.75) is 25.6 Å². The quantitative estimate of drug-likeness (QED) is 0.291. The summed E-state index contributed by atoms with van der Waals surface area (Å²) in [7, 11) is 0. The highest BCUT2D eigenvalue weighted by atomic mass is 35.5. The molecule has 3 rings (SSSR count). The van der Waals surface area contributed by atoms with Gasteiger partial charge in [0.25, 0.3) is 0 Å². The highest BCUT2D eigenvalue weighted by molar-refractivity contribution is 7.17. The number of ether oxygens (including phenoxy) is 3. The van der Waals surface area contributed by atoms with Crippen molar-refractivity contribution in [3.63, 3.8) is 0 Å². The number of fused-ring (bicyclic) bond motifs is 1. The molecule has 0 aliphatic carbocycles. The summed E-state index contributed by atoms with van der Waals surface area (Å²) in [5, 5.41) is 13.1. The third-order valence-corrected chi connectivity index (χ3v) is 5.77. The molecule has 0 bridgehead atoms. The second kappa shape index (κ2) is 10.7. The minimum absolute atomic E-state index is 0.000603. The van der Waals surface area contributed by atoms with E-state index >= 15 is 0 Å². The van der Waals surface area contributed by atoms with Crippen molar-refractivity contribution in [1.29, 1.82) is 0 Å². The summed E-state index contributed by atoms with van der Waals surface area (Å²) in [6.07, 6.45) is -5.91. The van der Waals surface area contributed by atoms with Crippen LogP contribution in [0, 0.1) is 5.82 Å². The molecule has 184 valence electrons. The van der Waals surface area contributed by atoms with Crippen LogP contribution in [0.4, 0.5) is 22.4 Å². The minimum Gasteiger partial charge on any atom is -0.490 e. The van der Waals surface area contributed by atoms with Gasteiger partial charge >= 0.3 is 12.3 Å². The number of alkyl carbamates (subject to hydrolysis) is 1. The fourth-order valence-corrected chi connectivity index (χ4v) is 3.84. The van der Waals surface area contributed by atoms with Crippen molar-refractivity contribution in [3.05, 3.63) is 40.6 Å². The highest BCUT2D eigenvalue weighted by Crippen LogP contribution is 2.38. The van der Waals surface area contributed by atoms with E-state index in [1.165, 1.54) is 29.5 Å². The smallest absolute Gasteiger partial charge is 0.427 e. The molecule has 3 aromatic rings. The Labute approximate surface area is 201 Å². The van der Waals surface area contributed by atoms with Gasteiger partial charge in [-0.3, -0.25) is 0 Å². The molecule has 2 heterocycles. The highest BCUT2D eigenvalue weighted by Gasteiger charge is 2.50. The van der Waals surface area contributed by atoms with E-state index in [4.69, 9.17) is 21.1 Å². The van der Waals surface area contributed by atoms with E-state index in [-0.39, 0.29) is 37.3 Å². The van der Waals surface area contributed by atoms with Crippen LogP contribution in [0.5, 0.6) is 5.75 Å². The number of rotatable bonds is 9. The Bertz CT molecular complexity index is 1160. The van der Waals surface area contributed by atoms with Crippen molar-refractivity contribution in [1.82, 2.24) is 15.5 Å².